The highest BCUT2D eigenvalue weighted by molar-refractivity contribution is 5.85. The summed E-state index contributed by atoms with van der Waals surface area (Å²) in [5.74, 6) is -1.75. The molecule has 2 N–H and O–H groups in total. The maximum absolute atomic E-state index is 13.7. The summed E-state index contributed by atoms with van der Waals surface area (Å²) >= 11 is 0. The number of hydrogen-bond donors (Lipinski definition) is 1. The molecule has 0 aliphatic rings. The van der Waals surface area contributed by atoms with Crippen LogP contribution < -0.4 is 15.2 Å². The molecule has 0 bridgehead atoms. The molecule has 0 aromatic heterocycles. The van der Waals surface area contributed by atoms with E-state index < -0.39 is 25.6 Å². The van der Waals surface area contributed by atoms with Crippen molar-refractivity contribution in [3.63, 3.8) is 0 Å². The first kappa shape index (κ1) is 6.55. The van der Waals surface area contributed by atoms with Gasteiger partial charge in [0.1, 0.15) is 5.75 Å². The Hall–Kier alpha value is -1.00. The lowest BCUT2D eigenvalue weighted by Gasteiger charge is -2.10. The summed E-state index contributed by atoms with van der Waals surface area (Å²) in [5, 5.41) is 0. The van der Waals surface area contributed by atoms with E-state index in [9.17, 15) is 4.39 Å². The van der Waals surface area contributed by atoms with Gasteiger partial charge in [0, 0.05) is 6.07 Å². The quantitative estimate of drug-likeness (QED) is 0.874. The van der Waals surface area contributed by atoms with E-state index >= 15 is 0 Å². The van der Waals surface area contributed by atoms with Gasteiger partial charge in [-0.05, 0) is 24.6 Å². The maximum atomic E-state index is 13.7. The van der Waals surface area contributed by atoms with Crippen LogP contribution in [0, 0.1) is 5.82 Å². The lowest BCUT2D eigenvalue weighted by molar-refractivity contribution is 0.374. The van der Waals surface area contributed by atoms with Gasteiger partial charge in [-0.15, -0.1) is 12.4 Å². The Morgan fingerprint density at radius 3 is 2.60 bits per heavy atom. The van der Waals surface area contributed by atoms with E-state index in [-0.39, 0.29) is 36.7 Å². The minimum absolute atomic E-state index is 0. The van der Waals surface area contributed by atoms with Crippen LogP contribution in [0.15, 0.2) is 12.1 Å². The van der Waals surface area contributed by atoms with Crippen LogP contribution in [0.25, 0.3) is 0 Å². The molecule has 0 spiro atoms. The summed E-state index contributed by atoms with van der Waals surface area (Å²) in [7, 11) is -5.56. The number of methoxy groups -OCH3 is 2. The zero-order valence-corrected chi connectivity index (χ0v) is 8.57. The third kappa shape index (κ3) is 3.25. The number of ether oxygens (including phenoxy) is 2. The van der Waals surface area contributed by atoms with Crippen molar-refractivity contribution >= 4 is 12.4 Å². The molecule has 0 saturated heterocycles. The van der Waals surface area contributed by atoms with Crippen LogP contribution in [0.2, 0.25) is 0 Å². The zero-order chi connectivity index (χ0) is 15.6. The molecule has 0 fully saturated rings. The largest absolute Gasteiger partial charge is 0.496 e. The van der Waals surface area contributed by atoms with Gasteiger partial charge in [0.05, 0.1) is 22.3 Å². The molecule has 0 aliphatic carbocycles. The molecular formula is C10H15ClFNO2. The van der Waals surface area contributed by atoms with Gasteiger partial charge in [0.2, 0.25) is 0 Å². The van der Waals surface area contributed by atoms with E-state index in [0.29, 0.717) is 0 Å². The Labute approximate surface area is 103 Å². The van der Waals surface area contributed by atoms with Gasteiger partial charge in [-0.3, -0.25) is 0 Å². The Bertz CT molecular complexity index is 480. The van der Waals surface area contributed by atoms with Crippen LogP contribution in [0.5, 0.6) is 11.5 Å². The average Bonchev–Trinajstić information content (AvgIpc) is 2.20. The highest BCUT2D eigenvalue weighted by Crippen LogP contribution is 2.27. The second kappa shape index (κ2) is 6.48. The lowest BCUT2D eigenvalue weighted by atomic mass is 10.1. The van der Waals surface area contributed by atoms with Crippen LogP contribution in [0.1, 0.15) is 13.8 Å². The molecule has 0 radical (unpaired) electrons. The molecule has 0 atom stereocenters. The van der Waals surface area contributed by atoms with Crippen molar-refractivity contribution in [1.82, 2.24) is 0 Å². The first-order valence-corrected chi connectivity index (χ1v) is 3.92. The molecule has 3 nitrogen and oxygen atoms in total. The molecule has 0 heterocycles. The summed E-state index contributed by atoms with van der Waals surface area (Å²) in [4.78, 5) is 0. The minimum atomic E-state index is -2.81. The number of rotatable bonds is 4. The third-order valence-corrected chi connectivity index (χ3v) is 1.75. The third-order valence-electron chi connectivity index (χ3n) is 1.75. The smallest absolute Gasteiger partial charge is 0.168 e. The highest BCUT2D eigenvalue weighted by Gasteiger charge is 2.09. The van der Waals surface area contributed by atoms with Crippen molar-refractivity contribution in [3.05, 3.63) is 23.5 Å². The molecule has 1 aromatic rings. The summed E-state index contributed by atoms with van der Waals surface area (Å²) in [6.07, 6.45) is 0.184. The SMILES string of the molecule is Cl.[2H]C([2H])([2H])Oc1cc(CCN)c(OC([2H])([2H])[2H])cc1F. The fourth-order valence-corrected chi connectivity index (χ4v) is 1.10. The van der Waals surface area contributed by atoms with Crippen molar-refractivity contribution in [3.8, 4) is 11.5 Å². The molecule has 1 aromatic carbocycles. The Morgan fingerprint density at radius 2 is 2.00 bits per heavy atom. The summed E-state index contributed by atoms with van der Waals surface area (Å²) < 4.78 is 64.7. The molecule has 1 rings (SSSR count). The normalized spacial score (nSPS) is 16.9. The number of benzene rings is 1. The molecule has 0 saturated carbocycles. The molecule has 86 valence electrons. The van der Waals surface area contributed by atoms with Gasteiger partial charge in [-0.25, -0.2) is 4.39 Å². The predicted octanol–water partition coefficient (Wildman–Crippen LogP) is 1.77. The fourth-order valence-electron chi connectivity index (χ4n) is 1.10. The monoisotopic (exact) mass is 241 g/mol. The zero-order valence-electron chi connectivity index (χ0n) is 13.7. The van der Waals surface area contributed by atoms with E-state index in [0.717, 1.165) is 12.1 Å². The van der Waals surface area contributed by atoms with Gasteiger partial charge < -0.3 is 15.2 Å². The Kier molecular flexibility index (Phi) is 2.83. The van der Waals surface area contributed by atoms with Gasteiger partial charge in [0.15, 0.2) is 11.6 Å². The summed E-state index contributed by atoms with van der Waals surface area (Å²) in [6, 6.07) is 1.86. The standard InChI is InChI=1S/C10H14FNO2.ClH/c1-13-9-6-8(11)10(14-2)5-7(9)3-4-12;/h5-6H,3-4,12H2,1-2H3;1H/i1D3,2D3;. The van der Waals surface area contributed by atoms with Crippen LogP contribution in [-0.2, 0) is 6.42 Å². The molecule has 15 heavy (non-hydrogen) atoms. The molecule has 5 heteroatoms. The molecule has 0 amide bonds. The second-order valence-electron chi connectivity index (χ2n) is 2.63. The van der Waals surface area contributed by atoms with Crippen LogP contribution >= 0.6 is 12.4 Å². The summed E-state index contributed by atoms with van der Waals surface area (Å²) in [5.41, 5.74) is 5.62. The van der Waals surface area contributed by atoms with Gasteiger partial charge in [-0.2, -0.15) is 0 Å². The Balaban J connectivity index is 0.00000400. The van der Waals surface area contributed by atoms with Crippen LogP contribution in [-0.4, -0.2) is 20.6 Å². The van der Waals surface area contributed by atoms with Crippen molar-refractivity contribution in [2.45, 2.75) is 6.42 Å². The maximum Gasteiger partial charge on any atom is 0.168 e. The fraction of sp³-hybridized carbons (Fsp3) is 0.400. The topological polar surface area (TPSA) is 44.5 Å². The van der Waals surface area contributed by atoms with E-state index in [1.807, 2.05) is 0 Å². The van der Waals surface area contributed by atoms with Gasteiger partial charge in [-0.1, -0.05) is 0 Å². The molecule has 0 unspecified atom stereocenters. The first-order valence-electron chi connectivity index (χ1n) is 6.92. The van der Waals surface area contributed by atoms with E-state index in [2.05, 4.69) is 9.47 Å². The van der Waals surface area contributed by atoms with Crippen LogP contribution in [0.3, 0.4) is 0 Å². The summed E-state index contributed by atoms with van der Waals surface area (Å²) in [6.45, 7) is 0.149. The lowest BCUT2D eigenvalue weighted by Crippen LogP contribution is -2.05. The minimum Gasteiger partial charge on any atom is -0.496 e. The molecular weight excluding hydrogens is 221 g/mol. The number of halogens is 2. The number of nitrogens with two attached hydrogens (primary N) is 1. The van der Waals surface area contributed by atoms with Gasteiger partial charge >= 0.3 is 0 Å². The van der Waals surface area contributed by atoms with Crippen molar-refractivity contribution in [2.24, 2.45) is 5.73 Å². The van der Waals surface area contributed by atoms with Crippen LogP contribution in [0.4, 0.5) is 4.39 Å². The molecule has 0 aliphatic heterocycles. The average molecular weight is 242 g/mol. The number of hydrogen-bond acceptors (Lipinski definition) is 3. The predicted molar refractivity (Wildman–Crippen MR) is 59.5 cm³/mol. The Morgan fingerprint density at radius 1 is 1.33 bits per heavy atom. The van der Waals surface area contributed by atoms with Crippen molar-refractivity contribution in [2.75, 3.05) is 20.6 Å². The van der Waals surface area contributed by atoms with E-state index in [1.54, 1.807) is 0 Å². The second-order valence-corrected chi connectivity index (χ2v) is 2.63. The van der Waals surface area contributed by atoms with Gasteiger partial charge in [0.25, 0.3) is 0 Å². The first-order chi connectivity index (χ1) is 9.02. The van der Waals surface area contributed by atoms with E-state index in [1.165, 1.54) is 0 Å². The highest BCUT2D eigenvalue weighted by atomic mass is 35.5. The van der Waals surface area contributed by atoms with Crippen molar-refractivity contribution in [1.29, 1.82) is 0 Å². The van der Waals surface area contributed by atoms with E-state index in [4.69, 9.17) is 14.0 Å². The van der Waals surface area contributed by atoms with Crippen molar-refractivity contribution < 1.29 is 22.1 Å².